The Balaban J connectivity index is 2.30. The molecule has 0 saturated heterocycles. The van der Waals surface area contributed by atoms with Crippen molar-refractivity contribution in [3.05, 3.63) is 47.5 Å². The van der Waals surface area contributed by atoms with Gasteiger partial charge in [-0.05, 0) is 48.0 Å². The molecule has 0 aliphatic heterocycles. The van der Waals surface area contributed by atoms with Crippen LogP contribution in [-0.2, 0) is 4.79 Å². The van der Waals surface area contributed by atoms with Crippen LogP contribution < -0.4 is 24.4 Å². The van der Waals surface area contributed by atoms with Crippen molar-refractivity contribution in [2.45, 2.75) is 0 Å². The highest BCUT2D eigenvalue weighted by Crippen LogP contribution is 2.38. The van der Waals surface area contributed by atoms with Crippen LogP contribution in [0.15, 0.2) is 42.0 Å². The van der Waals surface area contributed by atoms with Crippen LogP contribution >= 0.6 is 0 Å². The molecule has 0 fully saturated rings. The molecule has 0 radical (unpaired) electrons. The number of ether oxygens (including phenoxy) is 3. The van der Waals surface area contributed by atoms with Gasteiger partial charge in [-0.25, -0.2) is 0 Å². The Bertz CT molecular complexity index is 887. The van der Waals surface area contributed by atoms with Gasteiger partial charge in [0.05, 0.1) is 21.3 Å². The van der Waals surface area contributed by atoms with Crippen molar-refractivity contribution < 1.29 is 19.0 Å². The van der Waals surface area contributed by atoms with Crippen molar-refractivity contribution in [3.63, 3.8) is 0 Å². The molecule has 0 atom stereocenters. The summed E-state index contributed by atoms with van der Waals surface area (Å²) in [4.78, 5) is 14.5. The summed E-state index contributed by atoms with van der Waals surface area (Å²) in [6.07, 6.45) is 1.47. The summed E-state index contributed by atoms with van der Waals surface area (Å²) < 4.78 is 15.9. The highest BCUT2D eigenvalue weighted by Gasteiger charge is 2.15. The fourth-order valence-electron chi connectivity index (χ4n) is 2.54. The third kappa shape index (κ3) is 4.74. The quantitative estimate of drug-likeness (QED) is 0.585. The number of carbonyl (C=O) groups excluding carboxylic acids is 1. The average Bonchev–Trinajstić information content (AvgIpc) is 2.71. The molecular weight excluding hydrogens is 358 g/mol. The second kappa shape index (κ2) is 9.33. The molecule has 0 aliphatic rings. The summed E-state index contributed by atoms with van der Waals surface area (Å²) in [5.74, 6) is 0.801. The van der Waals surface area contributed by atoms with Gasteiger partial charge in [0, 0.05) is 25.5 Å². The number of benzene rings is 2. The molecule has 1 N–H and O–H groups in total. The van der Waals surface area contributed by atoms with Crippen LogP contribution in [0.2, 0.25) is 0 Å². The van der Waals surface area contributed by atoms with Crippen LogP contribution in [0.4, 0.5) is 11.4 Å². The molecular formula is C21H23N3O4. The minimum atomic E-state index is -0.506. The Morgan fingerprint density at radius 2 is 1.61 bits per heavy atom. The number of methoxy groups -OCH3 is 3. The van der Waals surface area contributed by atoms with Crippen molar-refractivity contribution in [2.75, 3.05) is 45.6 Å². The summed E-state index contributed by atoms with van der Waals surface area (Å²) in [5, 5.41) is 12.2. The Morgan fingerprint density at radius 1 is 1.04 bits per heavy atom. The second-order valence-corrected chi connectivity index (χ2v) is 6.02. The van der Waals surface area contributed by atoms with Crippen LogP contribution in [-0.4, -0.2) is 41.3 Å². The van der Waals surface area contributed by atoms with E-state index in [0.717, 1.165) is 5.69 Å². The highest BCUT2D eigenvalue weighted by atomic mass is 16.5. The first-order chi connectivity index (χ1) is 13.4. The molecule has 2 rings (SSSR count). The van der Waals surface area contributed by atoms with E-state index in [4.69, 9.17) is 14.2 Å². The lowest BCUT2D eigenvalue weighted by Gasteiger charge is -2.13. The van der Waals surface area contributed by atoms with Gasteiger partial charge in [0.25, 0.3) is 5.91 Å². The minimum Gasteiger partial charge on any atom is -0.493 e. The average molecular weight is 381 g/mol. The largest absolute Gasteiger partial charge is 0.493 e. The number of nitrogens with zero attached hydrogens (tertiary/aromatic N) is 2. The maximum absolute atomic E-state index is 12.5. The number of amides is 1. The lowest BCUT2D eigenvalue weighted by Crippen LogP contribution is -2.14. The van der Waals surface area contributed by atoms with Gasteiger partial charge >= 0.3 is 0 Å². The number of rotatable bonds is 7. The molecule has 0 aromatic heterocycles. The van der Waals surface area contributed by atoms with Crippen LogP contribution in [0.25, 0.3) is 6.08 Å². The van der Waals surface area contributed by atoms with Crippen molar-refractivity contribution in [2.24, 2.45) is 0 Å². The molecule has 146 valence electrons. The van der Waals surface area contributed by atoms with Gasteiger partial charge in [-0.3, -0.25) is 4.79 Å². The molecule has 2 aromatic rings. The zero-order chi connectivity index (χ0) is 20.7. The van der Waals surface area contributed by atoms with E-state index in [9.17, 15) is 10.1 Å². The smallest absolute Gasteiger partial charge is 0.266 e. The van der Waals surface area contributed by atoms with E-state index >= 15 is 0 Å². The molecule has 1 amide bonds. The molecule has 0 spiro atoms. The van der Waals surface area contributed by atoms with Crippen LogP contribution in [0, 0.1) is 11.3 Å². The van der Waals surface area contributed by atoms with E-state index < -0.39 is 5.91 Å². The van der Waals surface area contributed by atoms with Crippen molar-refractivity contribution in [1.29, 1.82) is 5.26 Å². The maximum Gasteiger partial charge on any atom is 0.266 e. The van der Waals surface area contributed by atoms with E-state index in [1.807, 2.05) is 37.2 Å². The number of hydrogen-bond acceptors (Lipinski definition) is 6. The molecule has 0 saturated carbocycles. The third-order valence-electron chi connectivity index (χ3n) is 4.00. The Labute approximate surface area is 164 Å². The topological polar surface area (TPSA) is 83.8 Å². The second-order valence-electron chi connectivity index (χ2n) is 6.02. The molecule has 0 bridgehead atoms. The monoisotopic (exact) mass is 381 g/mol. The molecule has 7 heteroatoms. The number of nitriles is 1. The van der Waals surface area contributed by atoms with Gasteiger partial charge in [-0.2, -0.15) is 5.26 Å². The molecule has 0 aliphatic carbocycles. The molecule has 2 aromatic carbocycles. The van der Waals surface area contributed by atoms with Crippen molar-refractivity contribution in [1.82, 2.24) is 0 Å². The van der Waals surface area contributed by atoms with Crippen molar-refractivity contribution in [3.8, 4) is 23.3 Å². The highest BCUT2D eigenvalue weighted by molar-refractivity contribution is 6.09. The number of carbonyl (C=O) groups is 1. The summed E-state index contributed by atoms with van der Waals surface area (Å²) in [6.45, 7) is 0. The minimum absolute atomic E-state index is 0.0500. The van der Waals surface area contributed by atoms with E-state index in [1.165, 1.54) is 27.4 Å². The standard InChI is InChI=1S/C21H23N3O4/c1-24(2)17-8-6-16(7-9-17)23-21(25)15(13-22)10-14-11-18(26-3)20(28-5)19(12-14)27-4/h6-12H,1-5H3,(H,23,25)/b15-10-. The zero-order valence-electron chi connectivity index (χ0n) is 16.6. The van der Waals surface area contributed by atoms with E-state index in [0.29, 0.717) is 28.5 Å². The van der Waals surface area contributed by atoms with Gasteiger partial charge in [0.15, 0.2) is 11.5 Å². The molecule has 0 unspecified atom stereocenters. The van der Waals surface area contributed by atoms with Gasteiger partial charge in [0.2, 0.25) is 5.75 Å². The predicted molar refractivity (Wildman–Crippen MR) is 109 cm³/mol. The Hall–Kier alpha value is -3.66. The molecule has 0 heterocycles. The fourth-order valence-corrected chi connectivity index (χ4v) is 2.54. The number of hydrogen-bond donors (Lipinski definition) is 1. The summed E-state index contributed by atoms with van der Waals surface area (Å²) >= 11 is 0. The summed E-state index contributed by atoms with van der Waals surface area (Å²) in [6, 6.07) is 12.6. The van der Waals surface area contributed by atoms with Gasteiger partial charge < -0.3 is 24.4 Å². The Morgan fingerprint density at radius 3 is 2.04 bits per heavy atom. The first-order valence-corrected chi connectivity index (χ1v) is 8.44. The molecule has 7 nitrogen and oxygen atoms in total. The first-order valence-electron chi connectivity index (χ1n) is 8.44. The van der Waals surface area contributed by atoms with E-state index in [1.54, 1.807) is 24.3 Å². The van der Waals surface area contributed by atoms with E-state index in [-0.39, 0.29) is 5.57 Å². The summed E-state index contributed by atoms with van der Waals surface area (Å²) in [5.41, 5.74) is 2.13. The lowest BCUT2D eigenvalue weighted by molar-refractivity contribution is -0.112. The third-order valence-corrected chi connectivity index (χ3v) is 4.00. The normalized spacial score (nSPS) is 10.6. The summed E-state index contributed by atoms with van der Waals surface area (Å²) in [7, 11) is 8.37. The number of nitrogens with one attached hydrogen (secondary N) is 1. The number of anilines is 2. The van der Waals surface area contributed by atoms with Gasteiger partial charge in [-0.15, -0.1) is 0 Å². The van der Waals surface area contributed by atoms with Crippen LogP contribution in [0.3, 0.4) is 0 Å². The maximum atomic E-state index is 12.5. The SMILES string of the molecule is COc1cc(/C=C(/C#N)C(=O)Nc2ccc(N(C)C)cc2)cc(OC)c1OC. The zero-order valence-corrected chi connectivity index (χ0v) is 16.6. The predicted octanol–water partition coefficient (Wildman–Crippen LogP) is 3.32. The van der Waals surface area contributed by atoms with Crippen LogP contribution in [0.5, 0.6) is 17.2 Å². The van der Waals surface area contributed by atoms with E-state index in [2.05, 4.69) is 5.32 Å². The van der Waals surface area contributed by atoms with Crippen molar-refractivity contribution >= 4 is 23.4 Å². The fraction of sp³-hybridized carbons (Fsp3) is 0.238. The molecule has 28 heavy (non-hydrogen) atoms. The van der Waals surface area contributed by atoms with Crippen LogP contribution in [0.1, 0.15) is 5.56 Å². The van der Waals surface area contributed by atoms with Gasteiger partial charge in [0.1, 0.15) is 11.6 Å². The Kier molecular flexibility index (Phi) is 6.88. The lowest BCUT2D eigenvalue weighted by atomic mass is 10.1. The first kappa shape index (κ1) is 20.6. The van der Waals surface area contributed by atoms with Gasteiger partial charge in [-0.1, -0.05) is 0 Å².